The highest BCUT2D eigenvalue weighted by atomic mass is 19.4. The lowest BCUT2D eigenvalue weighted by molar-refractivity contribution is -0.133. The van der Waals surface area contributed by atoms with Crippen LogP contribution in [0.3, 0.4) is 0 Å². The molecule has 0 aromatic carbocycles. The van der Waals surface area contributed by atoms with Gasteiger partial charge in [-0.05, 0) is 19.1 Å². The number of rotatable bonds is 2. The van der Waals surface area contributed by atoms with Gasteiger partial charge in [-0.2, -0.15) is 13.2 Å². The molecule has 0 aliphatic carbocycles. The molecule has 9 heavy (non-hydrogen) atoms. The van der Waals surface area contributed by atoms with E-state index in [-0.39, 0.29) is 6.42 Å². The molecule has 0 amide bonds. The summed E-state index contributed by atoms with van der Waals surface area (Å²) < 4.78 is 33.9. The monoisotopic (exact) mass is 135 g/mol. The lowest BCUT2D eigenvalue weighted by Gasteiger charge is -2.00. The summed E-state index contributed by atoms with van der Waals surface area (Å²) in [7, 11) is 0. The zero-order valence-electron chi connectivity index (χ0n) is 4.70. The summed E-state index contributed by atoms with van der Waals surface area (Å²) in [6.45, 7) is 4.68. The Balaban J connectivity index is 3.39. The first-order valence-corrected chi connectivity index (χ1v) is 2.41. The fraction of sp³-hybridized carbons (Fsp3) is 0.500. The summed E-state index contributed by atoms with van der Waals surface area (Å²) in [6, 6.07) is 0. The third-order valence-corrected chi connectivity index (χ3v) is 0.690. The van der Waals surface area contributed by atoms with Gasteiger partial charge in [0.25, 0.3) is 0 Å². The third kappa shape index (κ3) is 7.31. The van der Waals surface area contributed by atoms with Crippen LogP contribution in [-0.2, 0) is 0 Å². The highest BCUT2D eigenvalue weighted by Crippen LogP contribution is 2.20. The van der Waals surface area contributed by atoms with Crippen LogP contribution in [0.1, 0.15) is 12.8 Å². The first kappa shape index (κ1) is 8.31. The first-order chi connectivity index (χ1) is 4.06. The number of halogens is 3. The molecule has 51 valence electrons. The van der Waals surface area contributed by atoms with Crippen LogP contribution in [0.15, 0.2) is 11.8 Å². The predicted octanol–water partition coefficient (Wildman–Crippen LogP) is 2.47. The van der Waals surface area contributed by atoms with E-state index < -0.39 is 12.6 Å². The van der Waals surface area contributed by atoms with E-state index >= 15 is 0 Å². The summed E-state index contributed by atoms with van der Waals surface area (Å²) in [5, 5.41) is 0. The van der Waals surface area contributed by atoms with E-state index in [9.17, 15) is 13.2 Å². The first-order valence-electron chi connectivity index (χ1n) is 2.41. The number of hydrogen-bond donors (Lipinski definition) is 0. The van der Waals surface area contributed by atoms with Crippen molar-refractivity contribution in [3.63, 3.8) is 0 Å². The maximum Gasteiger partial charge on any atom is 0.389 e. The Labute approximate surface area is 51.7 Å². The number of allylic oxidation sites excluding steroid dienone is 1. The molecule has 0 unspecified atom stereocenters. The molecule has 0 bridgehead atoms. The summed E-state index contributed by atoms with van der Waals surface area (Å²) in [4.78, 5) is 0. The van der Waals surface area contributed by atoms with Crippen LogP contribution < -0.4 is 0 Å². The van der Waals surface area contributed by atoms with Gasteiger partial charge < -0.3 is 0 Å². The van der Waals surface area contributed by atoms with Crippen LogP contribution in [0.5, 0.6) is 0 Å². The minimum Gasteiger partial charge on any atom is -0.171 e. The Kier molecular flexibility index (Phi) is 3.10. The second-order valence-electron chi connectivity index (χ2n) is 1.52. The molecule has 0 aliphatic rings. The van der Waals surface area contributed by atoms with E-state index in [1.807, 2.05) is 5.73 Å². The molecule has 0 N–H and O–H groups in total. The second kappa shape index (κ2) is 3.36. The van der Waals surface area contributed by atoms with Crippen LogP contribution in [-0.4, -0.2) is 6.18 Å². The van der Waals surface area contributed by atoms with E-state index in [1.54, 1.807) is 0 Å². The molecule has 0 aromatic heterocycles. The van der Waals surface area contributed by atoms with E-state index in [2.05, 4.69) is 6.58 Å². The van der Waals surface area contributed by atoms with Crippen molar-refractivity contribution in [3.05, 3.63) is 18.4 Å². The Morgan fingerprint density at radius 2 is 2.00 bits per heavy atom. The van der Waals surface area contributed by atoms with E-state index in [0.717, 1.165) is 6.08 Å². The number of hydrogen-bond acceptors (Lipinski definition) is 0. The largest absolute Gasteiger partial charge is 0.389 e. The molecule has 0 saturated carbocycles. The van der Waals surface area contributed by atoms with Gasteiger partial charge in [0.15, 0.2) is 0 Å². The second-order valence-corrected chi connectivity index (χ2v) is 1.52. The van der Waals surface area contributed by atoms with Crippen LogP contribution in [0.25, 0.3) is 0 Å². The van der Waals surface area contributed by atoms with Gasteiger partial charge in [0.1, 0.15) is 0 Å². The van der Waals surface area contributed by atoms with E-state index in [4.69, 9.17) is 0 Å². The average molecular weight is 135 g/mol. The molecule has 3 heteroatoms. The molecule has 0 spiro atoms. The predicted molar refractivity (Wildman–Crippen MR) is 27.7 cm³/mol. The summed E-state index contributed by atoms with van der Waals surface area (Å²) in [5.41, 5.74) is 2.02. The Bertz CT molecular complexity index is 117. The standard InChI is InChI=1S/C6H6F3/c1-2-3-4-5-6(7,8)9/h1,3H,4-5H2. The third-order valence-electron chi connectivity index (χ3n) is 0.690. The summed E-state index contributed by atoms with van der Waals surface area (Å²) >= 11 is 0. The van der Waals surface area contributed by atoms with Crippen molar-refractivity contribution in [2.24, 2.45) is 0 Å². The van der Waals surface area contributed by atoms with Gasteiger partial charge in [0.2, 0.25) is 0 Å². The maximum absolute atomic E-state index is 11.3. The van der Waals surface area contributed by atoms with Crippen LogP contribution in [0.4, 0.5) is 13.2 Å². The van der Waals surface area contributed by atoms with Gasteiger partial charge in [-0.3, -0.25) is 0 Å². The molecular formula is C6H6F3. The summed E-state index contributed by atoms with van der Waals surface area (Å²) in [6.07, 6.45) is -3.82. The molecule has 0 aliphatic heterocycles. The summed E-state index contributed by atoms with van der Waals surface area (Å²) in [5.74, 6) is 0. The van der Waals surface area contributed by atoms with E-state index in [0.29, 0.717) is 0 Å². The zero-order chi connectivity index (χ0) is 7.33. The molecule has 0 heterocycles. The lowest BCUT2D eigenvalue weighted by atomic mass is 10.3. The molecule has 0 fully saturated rings. The molecule has 1 radical (unpaired) electrons. The van der Waals surface area contributed by atoms with Gasteiger partial charge in [0, 0.05) is 6.42 Å². The van der Waals surface area contributed by atoms with Crippen molar-refractivity contribution in [2.75, 3.05) is 0 Å². The zero-order valence-corrected chi connectivity index (χ0v) is 4.70. The minimum atomic E-state index is -4.08. The molecule has 0 aromatic rings. The van der Waals surface area contributed by atoms with Crippen molar-refractivity contribution in [1.29, 1.82) is 0 Å². The van der Waals surface area contributed by atoms with Crippen LogP contribution in [0.2, 0.25) is 0 Å². The fourth-order valence-corrected chi connectivity index (χ4v) is 0.319. The van der Waals surface area contributed by atoms with Crippen molar-refractivity contribution in [3.8, 4) is 0 Å². The van der Waals surface area contributed by atoms with Crippen molar-refractivity contribution in [2.45, 2.75) is 19.0 Å². The molecule has 0 saturated heterocycles. The van der Waals surface area contributed by atoms with Crippen molar-refractivity contribution in [1.82, 2.24) is 0 Å². The fourth-order valence-electron chi connectivity index (χ4n) is 0.319. The maximum atomic E-state index is 11.3. The van der Waals surface area contributed by atoms with Gasteiger partial charge in [0.05, 0.1) is 0 Å². The molecular weight excluding hydrogens is 129 g/mol. The van der Waals surface area contributed by atoms with Crippen molar-refractivity contribution < 1.29 is 13.2 Å². The lowest BCUT2D eigenvalue weighted by Crippen LogP contribution is -2.05. The number of alkyl halides is 3. The molecule has 0 rings (SSSR count). The topological polar surface area (TPSA) is 0 Å². The molecule has 0 nitrogen and oxygen atoms in total. The van der Waals surface area contributed by atoms with Gasteiger partial charge in [-0.15, -0.1) is 5.73 Å². The highest BCUT2D eigenvalue weighted by molar-refractivity contribution is 4.74. The Hall–Kier alpha value is -0.690. The SMILES string of the molecule is [CH]=C=CCCC(F)(F)F. The normalized spacial score (nSPS) is 10.6. The van der Waals surface area contributed by atoms with Crippen LogP contribution in [0, 0.1) is 6.58 Å². The Morgan fingerprint density at radius 1 is 1.44 bits per heavy atom. The van der Waals surface area contributed by atoms with Crippen LogP contribution >= 0.6 is 0 Å². The van der Waals surface area contributed by atoms with Gasteiger partial charge >= 0.3 is 6.18 Å². The van der Waals surface area contributed by atoms with Gasteiger partial charge in [-0.1, -0.05) is 0 Å². The molecule has 0 atom stereocenters. The smallest absolute Gasteiger partial charge is 0.171 e. The highest BCUT2D eigenvalue weighted by Gasteiger charge is 2.25. The Morgan fingerprint density at radius 3 is 2.33 bits per heavy atom. The van der Waals surface area contributed by atoms with E-state index in [1.165, 1.54) is 0 Å². The average Bonchev–Trinajstić information content (AvgIpc) is 1.63. The minimum absolute atomic E-state index is 0.0833. The van der Waals surface area contributed by atoms with Gasteiger partial charge in [-0.25, -0.2) is 0 Å². The quantitative estimate of drug-likeness (QED) is 0.510. The van der Waals surface area contributed by atoms with Crippen molar-refractivity contribution >= 4 is 0 Å².